The van der Waals surface area contributed by atoms with Crippen LogP contribution in [0.3, 0.4) is 0 Å². The number of ether oxygens (including phenoxy) is 2. The van der Waals surface area contributed by atoms with Crippen molar-refractivity contribution in [2.45, 2.75) is 45.4 Å². The van der Waals surface area contributed by atoms with Gasteiger partial charge >= 0.3 is 0 Å². The zero-order chi connectivity index (χ0) is 12.4. The predicted molar refractivity (Wildman–Crippen MR) is 63.8 cm³/mol. The van der Waals surface area contributed by atoms with Crippen molar-refractivity contribution >= 4 is 0 Å². The quantitative estimate of drug-likeness (QED) is 0.798. The normalized spacial score (nSPS) is 33.2. The lowest BCUT2D eigenvalue weighted by atomic mass is 9.89. The summed E-state index contributed by atoms with van der Waals surface area (Å²) in [6, 6.07) is 0. The van der Waals surface area contributed by atoms with Gasteiger partial charge in [0.1, 0.15) is 12.2 Å². The molecule has 0 amide bonds. The molecule has 4 unspecified atom stereocenters. The average molecular weight is 239 g/mol. The molecular formula is C12H21N3O2. The smallest absolute Gasteiger partial charge is 0.138 e. The predicted octanol–water partition coefficient (Wildman–Crippen LogP) is 1.45. The van der Waals surface area contributed by atoms with Crippen LogP contribution >= 0.6 is 0 Å². The number of rotatable bonds is 4. The zero-order valence-corrected chi connectivity index (χ0v) is 11.0. The molecule has 1 fully saturated rings. The molecular weight excluding hydrogens is 218 g/mol. The fourth-order valence-corrected chi connectivity index (χ4v) is 2.60. The molecule has 0 saturated carbocycles. The Bertz CT molecular complexity index is 366. The first kappa shape index (κ1) is 12.5. The molecule has 0 bridgehead atoms. The van der Waals surface area contributed by atoms with E-state index in [0.29, 0.717) is 18.4 Å². The van der Waals surface area contributed by atoms with Crippen molar-refractivity contribution in [2.75, 3.05) is 13.7 Å². The number of hydrogen-bond donors (Lipinski definition) is 0. The van der Waals surface area contributed by atoms with Crippen molar-refractivity contribution in [2.24, 2.45) is 5.92 Å². The average Bonchev–Trinajstić information content (AvgIpc) is 2.82. The Hall–Kier alpha value is -0.940. The van der Waals surface area contributed by atoms with Crippen molar-refractivity contribution in [1.82, 2.24) is 14.8 Å². The molecule has 1 saturated heterocycles. The SMILES string of the molecule is COCCn1cnnc1C1C(C)OC(C)C1C. The summed E-state index contributed by atoms with van der Waals surface area (Å²) in [5.74, 6) is 1.81. The zero-order valence-electron chi connectivity index (χ0n) is 11.0. The number of hydrogen-bond acceptors (Lipinski definition) is 4. The van der Waals surface area contributed by atoms with E-state index in [9.17, 15) is 0 Å². The van der Waals surface area contributed by atoms with Crippen LogP contribution in [-0.4, -0.2) is 40.7 Å². The third kappa shape index (κ3) is 2.35. The first-order valence-electron chi connectivity index (χ1n) is 6.17. The van der Waals surface area contributed by atoms with Gasteiger partial charge in [-0.05, 0) is 19.8 Å². The Morgan fingerprint density at radius 3 is 2.71 bits per heavy atom. The second kappa shape index (κ2) is 5.14. The summed E-state index contributed by atoms with van der Waals surface area (Å²) in [4.78, 5) is 0. The van der Waals surface area contributed by atoms with Crippen molar-refractivity contribution in [3.8, 4) is 0 Å². The molecule has 1 aliphatic rings. The van der Waals surface area contributed by atoms with Crippen LogP contribution in [0.4, 0.5) is 0 Å². The molecule has 5 nitrogen and oxygen atoms in total. The Morgan fingerprint density at radius 1 is 1.35 bits per heavy atom. The van der Waals surface area contributed by atoms with Crippen molar-refractivity contribution < 1.29 is 9.47 Å². The third-order valence-corrected chi connectivity index (χ3v) is 3.72. The first-order chi connectivity index (χ1) is 8.15. The second-order valence-electron chi connectivity index (χ2n) is 4.81. The van der Waals surface area contributed by atoms with Gasteiger partial charge in [-0.1, -0.05) is 6.92 Å². The minimum absolute atomic E-state index is 0.200. The molecule has 0 N–H and O–H groups in total. The van der Waals surface area contributed by atoms with Crippen LogP contribution in [0.15, 0.2) is 6.33 Å². The summed E-state index contributed by atoms with van der Waals surface area (Å²) in [6.07, 6.45) is 2.25. The standard InChI is InChI=1S/C12H21N3O2/c1-8-9(2)17-10(3)11(8)12-14-13-7-15(12)5-6-16-4/h7-11H,5-6H2,1-4H3. The summed E-state index contributed by atoms with van der Waals surface area (Å²) in [7, 11) is 1.70. The van der Waals surface area contributed by atoms with Crippen LogP contribution in [0.2, 0.25) is 0 Å². The van der Waals surface area contributed by atoms with E-state index in [2.05, 4.69) is 35.5 Å². The highest BCUT2D eigenvalue weighted by Crippen LogP contribution is 2.38. The first-order valence-corrected chi connectivity index (χ1v) is 6.17. The highest BCUT2D eigenvalue weighted by atomic mass is 16.5. The summed E-state index contributed by atoms with van der Waals surface area (Å²) < 4.78 is 13.0. The van der Waals surface area contributed by atoms with Crippen LogP contribution in [0.1, 0.15) is 32.5 Å². The van der Waals surface area contributed by atoms with Gasteiger partial charge in [-0.15, -0.1) is 10.2 Å². The van der Waals surface area contributed by atoms with Gasteiger partial charge < -0.3 is 14.0 Å². The van der Waals surface area contributed by atoms with Gasteiger partial charge in [-0.3, -0.25) is 0 Å². The van der Waals surface area contributed by atoms with E-state index in [1.165, 1.54) is 0 Å². The highest BCUT2D eigenvalue weighted by Gasteiger charge is 2.40. The maximum atomic E-state index is 5.86. The molecule has 5 heteroatoms. The largest absolute Gasteiger partial charge is 0.383 e. The lowest BCUT2D eigenvalue weighted by Gasteiger charge is -2.18. The fourth-order valence-electron chi connectivity index (χ4n) is 2.60. The van der Waals surface area contributed by atoms with Gasteiger partial charge in [0.25, 0.3) is 0 Å². The maximum Gasteiger partial charge on any atom is 0.138 e. The summed E-state index contributed by atoms with van der Waals surface area (Å²) in [5.41, 5.74) is 0. The van der Waals surface area contributed by atoms with Crippen LogP contribution in [0.5, 0.6) is 0 Å². The number of aromatic nitrogens is 3. The van der Waals surface area contributed by atoms with Crippen molar-refractivity contribution in [1.29, 1.82) is 0 Å². The van der Waals surface area contributed by atoms with Gasteiger partial charge in [0, 0.05) is 13.7 Å². The van der Waals surface area contributed by atoms with Crippen LogP contribution < -0.4 is 0 Å². The number of nitrogens with zero attached hydrogens (tertiary/aromatic N) is 3. The van der Waals surface area contributed by atoms with Crippen LogP contribution in [-0.2, 0) is 16.0 Å². The molecule has 2 heterocycles. The number of methoxy groups -OCH3 is 1. The van der Waals surface area contributed by atoms with E-state index in [1.54, 1.807) is 13.4 Å². The van der Waals surface area contributed by atoms with E-state index < -0.39 is 0 Å². The molecule has 0 radical (unpaired) electrons. The lowest BCUT2D eigenvalue weighted by molar-refractivity contribution is 0.0551. The lowest BCUT2D eigenvalue weighted by Crippen LogP contribution is -2.20. The van der Waals surface area contributed by atoms with Crippen LogP contribution in [0, 0.1) is 5.92 Å². The molecule has 2 rings (SSSR count). The Kier molecular flexibility index (Phi) is 3.79. The van der Waals surface area contributed by atoms with Gasteiger partial charge in [0.15, 0.2) is 0 Å². The van der Waals surface area contributed by atoms with Crippen molar-refractivity contribution in [3.63, 3.8) is 0 Å². The van der Waals surface area contributed by atoms with E-state index >= 15 is 0 Å². The van der Waals surface area contributed by atoms with E-state index in [1.807, 2.05) is 0 Å². The molecule has 0 aromatic carbocycles. The molecule has 1 aromatic heterocycles. The van der Waals surface area contributed by atoms with Gasteiger partial charge in [-0.25, -0.2) is 0 Å². The van der Waals surface area contributed by atoms with Gasteiger partial charge in [-0.2, -0.15) is 0 Å². The highest BCUT2D eigenvalue weighted by molar-refractivity contribution is 5.06. The molecule has 0 aliphatic carbocycles. The van der Waals surface area contributed by atoms with Crippen LogP contribution in [0.25, 0.3) is 0 Å². The maximum absolute atomic E-state index is 5.86. The second-order valence-corrected chi connectivity index (χ2v) is 4.81. The molecule has 96 valence electrons. The molecule has 1 aliphatic heterocycles. The monoisotopic (exact) mass is 239 g/mol. The Balaban J connectivity index is 2.18. The van der Waals surface area contributed by atoms with E-state index in [-0.39, 0.29) is 12.2 Å². The minimum Gasteiger partial charge on any atom is -0.383 e. The van der Waals surface area contributed by atoms with Crippen molar-refractivity contribution in [3.05, 3.63) is 12.2 Å². The molecule has 0 spiro atoms. The Labute approximate surface area is 102 Å². The minimum atomic E-state index is 0.200. The van der Waals surface area contributed by atoms with Gasteiger partial charge in [0.05, 0.1) is 24.7 Å². The summed E-state index contributed by atoms with van der Waals surface area (Å²) in [5, 5.41) is 8.28. The molecule has 4 atom stereocenters. The third-order valence-electron chi connectivity index (χ3n) is 3.72. The summed E-state index contributed by atoms with van der Waals surface area (Å²) in [6.45, 7) is 7.92. The Morgan fingerprint density at radius 2 is 2.12 bits per heavy atom. The molecule has 17 heavy (non-hydrogen) atoms. The summed E-state index contributed by atoms with van der Waals surface area (Å²) >= 11 is 0. The van der Waals surface area contributed by atoms with E-state index in [0.717, 1.165) is 12.4 Å². The van der Waals surface area contributed by atoms with E-state index in [4.69, 9.17) is 9.47 Å². The van der Waals surface area contributed by atoms with Gasteiger partial charge in [0.2, 0.25) is 0 Å². The fraction of sp³-hybridized carbons (Fsp3) is 0.833. The topological polar surface area (TPSA) is 49.2 Å². The molecule has 1 aromatic rings.